The molecule has 1 atom stereocenters. The van der Waals surface area contributed by atoms with Crippen LogP contribution in [0.25, 0.3) is 0 Å². The van der Waals surface area contributed by atoms with Crippen LogP contribution in [0, 0.1) is 0 Å². The summed E-state index contributed by atoms with van der Waals surface area (Å²) < 4.78 is 9.58. The van der Waals surface area contributed by atoms with Crippen molar-refractivity contribution in [1.82, 2.24) is 0 Å². The van der Waals surface area contributed by atoms with E-state index in [2.05, 4.69) is 23.3 Å². The van der Waals surface area contributed by atoms with E-state index in [1.165, 1.54) is 52.1 Å². The van der Waals surface area contributed by atoms with Crippen LogP contribution in [-0.4, -0.2) is 36.7 Å². The second-order valence-electron chi connectivity index (χ2n) is 6.63. The third-order valence-corrected chi connectivity index (χ3v) is 7.61. The zero-order valence-electron chi connectivity index (χ0n) is 20.4. The van der Waals surface area contributed by atoms with Crippen molar-refractivity contribution < 1.29 is 19.1 Å². The number of rotatable bonds is 11. The quantitative estimate of drug-likeness (QED) is 0.181. The Hall–Kier alpha value is -0.360. The summed E-state index contributed by atoms with van der Waals surface area (Å²) in [7, 11) is 6.88. The fourth-order valence-electron chi connectivity index (χ4n) is 2.50. The van der Waals surface area contributed by atoms with Crippen LogP contribution in [-0.2, 0) is 19.1 Å². The molecule has 1 rings (SSSR count). The lowest BCUT2D eigenvalue weighted by Crippen LogP contribution is -2.15. The highest BCUT2D eigenvalue weighted by Crippen LogP contribution is 2.49. The standard InChI is InChI=1S/C10H18O2S2.C9H18O2.2C2H6/c1-10(7-8-13-14-10)6-4-3-5-9(11)12-2;1-3-4-5-6-7-8-9(10)11-2;2*1-2/h3-8H2,1-2H3;3-8H2,1-2H3;2*1-2H3. The van der Waals surface area contributed by atoms with Crippen LogP contribution in [0.3, 0.4) is 0 Å². The topological polar surface area (TPSA) is 52.6 Å². The van der Waals surface area contributed by atoms with Crippen molar-refractivity contribution in [3.05, 3.63) is 0 Å². The molecule has 0 N–H and O–H groups in total. The molecular weight excluding hydrogens is 404 g/mol. The summed E-state index contributed by atoms with van der Waals surface area (Å²) in [6.45, 7) is 12.5. The Morgan fingerprint density at radius 1 is 0.828 bits per heavy atom. The highest BCUT2D eigenvalue weighted by atomic mass is 33.1. The number of hydrogen-bond acceptors (Lipinski definition) is 6. The molecule has 0 aromatic rings. The number of carbonyl (C=O) groups is 2. The molecule has 1 aliphatic rings. The van der Waals surface area contributed by atoms with E-state index < -0.39 is 0 Å². The Bertz CT molecular complexity index is 357. The Labute approximate surface area is 189 Å². The van der Waals surface area contributed by atoms with E-state index in [-0.39, 0.29) is 11.9 Å². The lowest BCUT2D eigenvalue weighted by molar-refractivity contribution is -0.141. The second kappa shape index (κ2) is 25.7. The van der Waals surface area contributed by atoms with Crippen molar-refractivity contribution in [2.45, 2.75) is 117 Å². The van der Waals surface area contributed by atoms with E-state index in [1.54, 1.807) is 0 Å². The molecule has 0 amide bonds. The molecule has 0 radical (unpaired) electrons. The molecule has 1 fully saturated rings. The summed E-state index contributed by atoms with van der Waals surface area (Å²) in [5, 5.41) is 0. The number of methoxy groups -OCH3 is 2. The van der Waals surface area contributed by atoms with Gasteiger partial charge in [-0.2, -0.15) is 0 Å². The summed E-state index contributed by atoms with van der Waals surface area (Å²) in [5.74, 6) is 1.11. The second-order valence-corrected chi connectivity index (χ2v) is 9.63. The van der Waals surface area contributed by atoms with Crippen molar-refractivity contribution >= 4 is 33.5 Å². The third kappa shape index (κ3) is 23.8. The van der Waals surface area contributed by atoms with E-state index in [0.717, 1.165) is 25.7 Å². The molecule has 0 saturated carbocycles. The number of ether oxygens (including phenoxy) is 2. The van der Waals surface area contributed by atoms with Crippen molar-refractivity contribution in [1.29, 1.82) is 0 Å². The monoisotopic (exact) mass is 452 g/mol. The Balaban J connectivity index is -0.000000406. The molecule has 176 valence electrons. The van der Waals surface area contributed by atoms with Gasteiger partial charge in [-0.15, -0.1) is 0 Å². The molecule has 1 saturated heterocycles. The fraction of sp³-hybridized carbons (Fsp3) is 0.913. The Morgan fingerprint density at radius 2 is 1.31 bits per heavy atom. The molecule has 0 aliphatic carbocycles. The van der Waals surface area contributed by atoms with Crippen molar-refractivity contribution in [2.75, 3.05) is 20.0 Å². The van der Waals surface area contributed by atoms with E-state index in [1.807, 2.05) is 49.3 Å². The zero-order chi connectivity index (χ0) is 23.0. The summed E-state index contributed by atoms with van der Waals surface area (Å²) in [6, 6.07) is 0. The highest BCUT2D eigenvalue weighted by Gasteiger charge is 2.29. The maximum absolute atomic E-state index is 10.9. The molecule has 0 spiro atoms. The van der Waals surface area contributed by atoms with E-state index in [4.69, 9.17) is 0 Å². The van der Waals surface area contributed by atoms with Crippen LogP contribution in [0.15, 0.2) is 0 Å². The average molecular weight is 453 g/mol. The first-order valence-corrected chi connectivity index (χ1v) is 13.7. The van der Waals surface area contributed by atoms with Gasteiger partial charge in [0.1, 0.15) is 0 Å². The van der Waals surface area contributed by atoms with Crippen molar-refractivity contribution in [3.8, 4) is 0 Å². The summed E-state index contributed by atoms with van der Waals surface area (Å²) in [5.41, 5.74) is 0. The maximum atomic E-state index is 10.9. The van der Waals surface area contributed by atoms with Crippen LogP contribution in [0.5, 0.6) is 0 Å². The predicted octanol–water partition coefficient (Wildman–Crippen LogP) is 7.84. The van der Waals surface area contributed by atoms with Crippen LogP contribution >= 0.6 is 21.6 Å². The Morgan fingerprint density at radius 3 is 1.72 bits per heavy atom. The van der Waals surface area contributed by atoms with Gasteiger partial charge in [0, 0.05) is 23.3 Å². The van der Waals surface area contributed by atoms with Gasteiger partial charge in [-0.05, 0) is 32.6 Å². The molecule has 29 heavy (non-hydrogen) atoms. The van der Waals surface area contributed by atoms with Crippen molar-refractivity contribution in [3.63, 3.8) is 0 Å². The molecule has 4 nitrogen and oxygen atoms in total. The van der Waals surface area contributed by atoms with Gasteiger partial charge in [-0.3, -0.25) is 9.59 Å². The van der Waals surface area contributed by atoms with Gasteiger partial charge >= 0.3 is 11.9 Å². The number of hydrogen-bond donors (Lipinski definition) is 0. The molecule has 1 unspecified atom stereocenters. The molecular formula is C23H48O4S2. The molecule has 0 bridgehead atoms. The molecule has 0 aromatic heterocycles. The van der Waals surface area contributed by atoms with Gasteiger partial charge in [-0.1, -0.05) is 88.3 Å². The SMILES string of the molecule is CC.CC.CCCCCCCC(=O)OC.COC(=O)CCCCC1(C)CCSS1. The van der Waals surface area contributed by atoms with E-state index >= 15 is 0 Å². The average Bonchev–Trinajstić information content (AvgIpc) is 3.20. The summed E-state index contributed by atoms with van der Waals surface area (Å²) in [6.07, 6.45) is 11.7. The van der Waals surface area contributed by atoms with Gasteiger partial charge in [0.15, 0.2) is 0 Å². The zero-order valence-corrected chi connectivity index (χ0v) is 22.1. The minimum atomic E-state index is -0.0819. The fourth-order valence-corrected chi connectivity index (χ4v) is 5.79. The lowest BCUT2D eigenvalue weighted by Gasteiger charge is -2.20. The van der Waals surface area contributed by atoms with Gasteiger partial charge in [-0.25, -0.2) is 0 Å². The molecule has 6 heteroatoms. The van der Waals surface area contributed by atoms with Gasteiger partial charge in [0.2, 0.25) is 0 Å². The molecule has 1 aliphatic heterocycles. The van der Waals surface area contributed by atoms with Crippen LogP contribution in [0.4, 0.5) is 0 Å². The van der Waals surface area contributed by atoms with Gasteiger partial charge < -0.3 is 9.47 Å². The number of esters is 2. The summed E-state index contributed by atoms with van der Waals surface area (Å²) >= 11 is 0. The minimum Gasteiger partial charge on any atom is -0.469 e. The van der Waals surface area contributed by atoms with Crippen molar-refractivity contribution in [2.24, 2.45) is 0 Å². The number of unbranched alkanes of at least 4 members (excludes halogenated alkanes) is 5. The third-order valence-electron chi connectivity index (χ3n) is 4.25. The van der Waals surface area contributed by atoms with Crippen LogP contribution in [0.1, 0.15) is 112 Å². The van der Waals surface area contributed by atoms with Gasteiger partial charge in [0.25, 0.3) is 0 Å². The normalized spacial score (nSPS) is 16.8. The summed E-state index contributed by atoms with van der Waals surface area (Å²) in [4.78, 5) is 21.5. The first-order chi connectivity index (χ1) is 14.0. The van der Waals surface area contributed by atoms with E-state index in [0.29, 0.717) is 17.6 Å². The van der Waals surface area contributed by atoms with Crippen LogP contribution in [0.2, 0.25) is 0 Å². The molecule has 0 aromatic carbocycles. The maximum Gasteiger partial charge on any atom is 0.305 e. The molecule has 1 heterocycles. The van der Waals surface area contributed by atoms with Gasteiger partial charge in [0.05, 0.1) is 14.2 Å². The van der Waals surface area contributed by atoms with E-state index in [9.17, 15) is 9.59 Å². The highest BCUT2D eigenvalue weighted by molar-refractivity contribution is 8.77. The predicted molar refractivity (Wildman–Crippen MR) is 132 cm³/mol. The first-order valence-electron chi connectivity index (χ1n) is 11.4. The number of carbonyl (C=O) groups excluding carboxylic acids is 2. The Kier molecular flexibility index (Phi) is 29.5. The first kappa shape index (κ1) is 33.3. The minimum absolute atomic E-state index is 0.0800. The largest absolute Gasteiger partial charge is 0.469 e. The lowest BCUT2D eigenvalue weighted by atomic mass is 9.99. The smallest absolute Gasteiger partial charge is 0.305 e. The van der Waals surface area contributed by atoms with Crippen LogP contribution < -0.4 is 0 Å².